The van der Waals surface area contributed by atoms with Gasteiger partial charge in [-0.3, -0.25) is 4.98 Å². The van der Waals surface area contributed by atoms with Crippen LogP contribution >= 0.6 is 22.7 Å². The number of nitrogens with zero attached hydrogens (tertiary/aromatic N) is 1. The topological polar surface area (TPSA) is 105 Å². The van der Waals surface area contributed by atoms with E-state index >= 15 is 0 Å². The first-order valence-corrected chi connectivity index (χ1v) is 10.4. The first kappa shape index (κ1) is 16.2. The number of hydrogen-bond donors (Lipinski definition) is 2. The zero-order chi connectivity index (χ0) is 17.4. The van der Waals surface area contributed by atoms with Gasteiger partial charge in [0.1, 0.15) is 9.22 Å². The van der Waals surface area contributed by atoms with Crippen molar-refractivity contribution in [3.8, 4) is 11.3 Å². The molecule has 3 aromatic heterocycles. The van der Waals surface area contributed by atoms with Gasteiger partial charge in [-0.05, 0) is 23.6 Å². The third-order valence-electron chi connectivity index (χ3n) is 3.44. The van der Waals surface area contributed by atoms with Crippen LogP contribution < -0.4 is 10.5 Å². The fourth-order valence-electron chi connectivity index (χ4n) is 2.27. The maximum absolute atomic E-state index is 12.1. The second-order valence-corrected chi connectivity index (χ2v) is 8.99. The minimum absolute atomic E-state index is 0.117. The van der Waals surface area contributed by atoms with E-state index in [1.54, 1.807) is 29.6 Å². The molecule has 0 radical (unpaired) electrons. The number of rotatable bonds is 5. The molecule has 0 saturated carbocycles. The Bertz CT molecular complexity index is 1190. The normalized spacial score (nSPS) is 12.0. The molecule has 4 aromatic rings. The highest BCUT2D eigenvalue weighted by Crippen LogP contribution is 2.25. The molecule has 0 aliphatic carbocycles. The van der Waals surface area contributed by atoms with Crippen molar-refractivity contribution in [2.24, 2.45) is 0 Å². The lowest BCUT2D eigenvalue weighted by atomic mass is 10.1. The average Bonchev–Trinajstić information content (AvgIpc) is 3.31. The first-order valence-electron chi connectivity index (χ1n) is 7.12. The molecule has 0 bridgehead atoms. The van der Waals surface area contributed by atoms with Gasteiger partial charge in [0.05, 0.1) is 17.8 Å². The van der Waals surface area contributed by atoms with E-state index in [-0.39, 0.29) is 10.8 Å². The number of sulfonamides is 1. The number of oxazole rings is 1. The lowest BCUT2D eigenvalue weighted by Crippen LogP contribution is -2.22. The number of H-pyrrole nitrogens is 1. The fraction of sp³-hybridized carbons (Fsp3) is 0.0667. The summed E-state index contributed by atoms with van der Waals surface area (Å²) >= 11 is 2.52. The highest BCUT2D eigenvalue weighted by Gasteiger charge is 2.16. The van der Waals surface area contributed by atoms with Crippen LogP contribution in [0.4, 0.5) is 0 Å². The second-order valence-electron chi connectivity index (χ2n) is 5.11. The number of fused-ring (bicyclic) bond motifs is 1. The molecule has 0 fully saturated rings. The lowest BCUT2D eigenvalue weighted by Gasteiger charge is -2.02. The van der Waals surface area contributed by atoms with Crippen LogP contribution in [-0.4, -0.2) is 18.4 Å². The van der Waals surface area contributed by atoms with Crippen LogP contribution in [0.3, 0.4) is 0 Å². The minimum atomic E-state index is -3.52. The molecule has 0 saturated heterocycles. The molecular formula is C15H11N3O4S3. The molecule has 2 N–H and O–H groups in total. The van der Waals surface area contributed by atoms with Gasteiger partial charge in [-0.15, -0.1) is 22.7 Å². The van der Waals surface area contributed by atoms with Crippen molar-refractivity contribution in [1.82, 2.24) is 14.7 Å². The van der Waals surface area contributed by atoms with Gasteiger partial charge in [0, 0.05) is 10.9 Å². The molecular weight excluding hydrogens is 382 g/mol. The van der Waals surface area contributed by atoms with Crippen molar-refractivity contribution in [2.75, 3.05) is 0 Å². The summed E-state index contributed by atoms with van der Waals surface area (Å²) in [6.07, 6.45) is 0. The van der Waals surface area contributed by atoms with E-state index in [1.807, 2.05) is 11.4 Å². The van der Waals surface area contributed by atoms with Gasteiger partial charge in [0.2, 0.25) is 10.0 Å². The Morgan fingerprint density at radius 2 is 2.12 bits per heavy atom. The minimum Gasteiger partial charge on any atom is -0.408 e. The first-order chi connectivity index (χ1) is 12.0. The number of nitrogens with one attached hydrogen (secondary N) is 2. The van der Waals surface area contributed by atoms with Crippen molar-refractivity contribution in [1.29, 1.82) is 0 Å². The van der Waals surface area contributed by atoms with Gasteiger partial charge in [-0.2, -0.15) is 0 Å². The van der Waals surface area contributed by atoms with Crippen LogP contribution in [0.5, 0.6) is 0 Å². The number of aromatic amines is 1. The standard InChI is InChI=1S/C15H11N3O4S3/c19-15-18-10-4-3-9(6-12(10)22-15)11-8-24-13(17-11)7-16-25(20,21)14-2-1-5-23-14/h1-6,8,16H,7H2,(H,18,19). The van der Waals surface area contributed by atoms with Crippen molar-refractivity contribution in [3.05, 3.63) is 56.7 Å². The Morgan fingerprint density at radius 1 is 1.24 bits per heavy atom. The van der Waals surface area contributed by atoms with Crippen LogP contribution in [-0.2, 0) is 16.6 Å². The zero-order valence-electron chi connectivity index (χ0n) is 12.6. The van der Waals surface area contributed by atoms with Crippen molar-refractivity contribution < 1.29 is 12.8 Å². The van der Waals surface area contributed by atoms with Gasteiger partial charge in [0.25, 0.3) is 0 Å². The third kappa shape index (κ3) is 3.29. The molecule has 0 spiro atoms. The summed E-state index contributed by atoms with van der Waals surface area (Å²) in [6.45, 7) is 0.117. The Balaban J connectivity index is 1.54. The largest absolute Gasteiger partial charge is 0.417 e. The monoisotopic (exact) mass is 393 g/mol. The quantitative estimate of drug-likeness (QED) is 0.542. The molecule has 0 aliphatic rings. The highest BCUT2D eigenvalue weighted by molar-refractivity contribution is 7.91. The molecule has 3 heterocycles. The summed E-state index contributed by atoms with van der Waals surface area (Å²) in [7, 11) is -3.52. The Labute approximate surface area is 150 Å². The van der Waals surface area contributed by atoms with Gasteiger partial charge < -0.3 is 4.42 Å². The van der Waals surface area contributed by atoms with E-state index in [9.17, 15) is 13.2 Å². The molecule has 0 amide bonds. The van der Waals surface area contributed by atoms with Crippen molar-refractivity contribution in [3.63, 3.8) is 0 Å². The number of aromatic nitrogens is 2. The van der Waals surface area contributed by atoms with Crippen LogP contribution in [0, 0.1) is 0 Å². The molecule has 25 heavy (non-hydrogen) atoms. The summed E-state index contributed by atoms with van der Waals surface area (Å²) < 4.78 is 32.1. The Kier molecular flexibility index (Phi) is 4.04. The highest BCUT2D eigenvalue weighted by atomic mass is 32.2. The van der Waals surface area contributed by atoms with Crippen LogP contribution in [0.1, 0.15) is 5.01 Å². The van der Waals surface area contributed by atoms with E-state index in [4.69, 9.17) is 4.42 Å². The second kappa shape index (κ2) is 6.23. The van der Waals surface area contributed by atoms with E-state index in [0.717, 1.165) is 16.9 Å². The van der Waals surface area contributed by atoms with Crippen LogP contribution in [0.2, 0.25) is 0 Å². The van der Waals surface area contributed by atoms with E-state index in [2.05, 4.69) is 14.7 Å². The van der Waals surface area contributed by atoms with Gasteiger partial charge in [-0.25, -0.2) is 22.9 Å². The summed E-state index contributed by atoms with van der Waals surface area (Å²) in [4.78, 5) is 18.2. The number of thiophene rings is 1. The summed E-state index contributed by atoms with van der Waals surface area (Å²) in [6, 6.07) is 8.54. The molecule has 0 unspecified atom stereocenters. The van der Waals surface area contributed by atoms with E-state index in [1.165, 1.54) is 11.3 Å². The van der Waals surface area contributed by atoms with E-state index in [0.29, 0.717) is 21.8 Å². The molecule has 0 atom stereocenters. The molecule has 4 rings (SSSR count). The molecule has 128 valence electrons. The van der Waals surface area contributed by atoms with Gasteiger partial charge >= 0.3 is 5.76 Å². The summed E-state index contributed by atoms with van der Waals surface area (Å²) in [5.41, 5.74) is 2.56. The van der Waals surface area contributed by atoms with Crippen LogP contribution in [0.25, 0.3) is 22.4 Å². The number of thiazole rings is 1. The Morgan fingerprint density at radius 3 is 2.92 bits per heavy atom. The number of hydrogen-bond acceptors (Lipinski definition) is 7. The van der Waals surface area contributed by atoms with Crippen LogP contribution in [0.15, 0.2) is 54.5 Å². The fourth-order valence-corrected chi connectivity index (χ4v) is 5.13. The molecule has 10 heteroatoms. The summed E-state index contributed by atoms with van der Waals surface area (Å²) in [5, 5.41) is 4.19. The molecule has 7 nitrogen and oxygen atoms in total. The third-order valence-corrected chi connectivity index (χ3v) is 7.09. The van der Waals surface area contributed by atoms with Gasteiger partial charge in [-0.1, -0.05) is 12.1 Å². The lowest BCUT2D eigenvalue weighted by molar-refractivity contribution is 0.555. The molecule has 0 aliphatic heterocycles. The average molecular weight is 393 g/mol. The molecule has 1 aromatic carbocycles. The zero-order valence-corrected chi connectivity index (χ0v) is 15.0. The Hall–Kier alpha value is -2.27. The van der Waals surface area contributed by atoms with Crippen molar-refractivity contribution in [2.45, 2.75) is 10.8 Å². The predicted molar refractivity (Wildman–Crippen MR) is 96.3 cm³/mol. The SMILES string of the molecule is O=c1[nH]c2ccc(-c3csc(CNS(=O)(=O)c4cccs4)n3)cc2o1. The van der Waals surface area contributed by atoms with Gasteiger partial charge in [0.15, 0.2) is 5.58 Å². The van der Waals surface area contributed by atoms with Crippen molar-refractivity contribution >= 4 is 43.8 Å². The van der Waals surface area contributed by atoms with E-state index < -0.39 is 15.8 Å². The number of benzene rings is 1. The maximum atomic E-state index is 12.1. The summed E-state index contributed by atoms with van der Waals surface area (Å²) in [5.74, 6) is -0.505. The predicted octanol–water partition coefficient (Wildman–Crippen LogP) is 2.78. The maximum Gasteiger partial charge on any atom is 0.417 e. The smallest absolute Gasteiger partial charge is 0.408 e.